The van der Waals surface area contributed by atoms with E-state index in [0.29, 0.717) is 22.4 Å². The first-order chi connectivity index (χ1) is 16.3. The van der Waals surface area contributed by atoms with Gasteiger partial charge in [-0.25, -0.2) is 9.59 Å². The summed E-state index contributed by atoms with van der Waals surface area (Å²) in [5.74, 6) is 21.6. The maximum Gasteiger partial charge on any atom is 0.338 e. The number of ether oxygens (including phenoxy) is 2. The zero-order chi connectivity index (χ0) is 25.1. The van der Waals surface area contributed by atoms with Crippen molar-refractivity contribution < 1.29 is 19.1 Å². The molecule has 2 aromatic carbocycles. The van der Waals surface area contributed by atoms with Crippen LogP contribution in [0.15, 0.2) is 60.7 Å². The van der Waals surface area contributed by atoms with Gasteiger partial charge in [0.2, 0.25) is 0 Å². The van der Waals surface area contributed by atoms with Crippen molar-refractivity contribution in [3.63, 3.8) is 0 Å². The molecule has 0 aliphatic carbocycles. The average molecular weight is 447 g/mol. The molecule has 0 aliphatic heterocycles. The molecule has 0 heterocycles. The predicted octanol–water partition coefficient (Wildman–Crippen LogP) is 5.07. The van der Waals surface area contributed by atoms with Crippen molar-refractivity contribution in [3.05, 3.63) is 71.8 Å². The van der Waals surface area contributed by atoms with Gasteiger partial charge in [0, 0.05) is 11.1 Å². The summed E-state index contributed by atoms with van der Waals surface area (Å²) in [4.78, 5) is 24.0. The lowest BCUT2D eigenvalue weighted by Gasteiger charge is -2.12. The van der Waals surface area contributed by atoms with E-state index in [-0.39, 0.29) is 11.3 Å². The molecule has 2 rings (SSSR count). The van der Waals surface area contributed by atoms with Gasteiger partial charge >= 0.3 is 11.9 Å². The maximum atomic E-state index is 12.3. The predicted molar refractivity (Wildman–Crippen MR) is 133 cm³/mol. The van der Waals surface area contributed by atoms with Crippen LogP contribution in [0, 0.1) is 47.4 Å². The molecule has 0 radical (unpaired) electrons. The Morgan fingerprint density at radius 1 is 0.706 bits per heavy atom. The van der Waals surface area contributed by atoms with Gasteiger partial charge in [-0.3, -0.25) is 0 Å². The molecule has 4 nitrogen and oxygen atoms in total. The fourth-order valence-corrected chi connectivity index (χ4v) is 2.50. The lowest BCUT2D eigenvalue weighted by atomic mass is 9.98. The third-order valence-corrected chi connectivity index (χ3v) is 4.15. The van der Waals surface area contributed by atoms with Crippen molar-refractivity contribution in [2.75, 3.05) is 0 Å². The summed E-state index contributed by atoms with van der Waals surface area (Å²) < 4.78 is 10.8. The van der Waals surface area contributed by atoms with E-state index in [9.17, 15) is 9.59 Å². The van der Waals surface area contributed by atoms with Gasteiger partial charge in [-0.2, -0.15) is 0 Å². The SMILES string of the molecule is C=C(C)C(=O)Oc1ccc(-c2cc(C#CC#CC)c(OC(=O)C(=C)C)c(C#CC#CC)c2)cc1. The fourth-order valence-electron chi connectivity index (χ4n) is 2.50. The Labute approximate surface area is 200 Å². The van der Waals surface area contributed by atoms with Gasteiger partial charge in [0.1, 0.15) is 5.75 Å². The molecule has 2 aromatic rings. The van der Waals surface area contributed by atoms with Crippen LogP contribution in [0.3, 0.4) is 0 Å². The van der Waals surface area contributed by atoms with Gasteiger partial charge < -0.3 is 9.47 Å². The number of carbonyl (C=O) groups excluding carboxylic acids is 2. The third-order valence-electron chi connectivity index (χ3n) is 4.15. The Morgan fingerprint density at radius 3 is 1.62 bits per heavy atom. The molecule has 0 fully saturated rings. The quantitative estimate of drug-likeness (QED) is 0.279. The van der Waals surface area contributed by atoms with E-state index < -0.39 is 11.9 Å². The molecule has 166 valence electrons. The van der Waals surface area contributed by atoms with E-state index in [0.717, 1.165) is 11.1 Å². The second-order valence-electron chi connectivity index (χ2n) is 7.01. The highest BCUT2D eigenvalue weighted by molar-refractivity contribution is 5.90. The minimum Gasteiger partial charge on any atom is -0.423 e. The van der Waals surface area contributed by atoms with Crippen molar-refractivity contribution in [1.82, 2.24) is 0 Å². The highest BCUT2D eigenvalue weighted by Crippen LogP contribution is 2.32. The molecule has 0 N–H and O–H groups in total. The Balaban J connectivity index is 2.66. The fraction of sp³-hybridized carbons (Fsp3) is 0.133. The molecule has 0 bridgehead atoms. The zero-order valence-corrected chi connectivity index (χ0v) is 19.5. The Bertz CT molecular complexity index is 1350. The monoisotopic (exact) mass is 446 g/mol. The minimum absolute atomic E-state index is 0.208. The molecule has 34 heavy (non-hydrogen) atoms. The first kappa shape index (κ1) is 25.4. The van der Waals surface area contributed by atoms with Crippen molar-refractivity contribution in [3.8, 4) is 70.0 Å². The van der Waals surface area contributed by atoms with Crippen LogP contribution in [-0.2, 0) is 9.59 Å². The minimum atomic E-state index is -0.592. The van der Waals surface area contributed by atoms with Crippen molar-refractivity contribution >= 4 is 11.9 Å². The van der Waals surface area contributed by atoms with Crippen LogP contribution in [0.5, 0.6) is 11.5 Å². The molecule has 0 saturated carbocycles. The first-order valence-electron chi connectivity index (χ1n) is 10.2. The van der Waals surface area contributed by atoms with E-state index >= 15 is 0 Å². The van der Waals surface area contributed by atoms with Crippen LogP contribution in [0.4, 0.5) is 0 Å². The van der Waals surface area contributed by atoms with Crippen LogP contribution in [0.2, 0.25) is 0 Å². The molecule has 0 aliphatic rings. The second-order valence-corrected chi connectivity index (χ2v) is 7.01. The van der Waals surface area contributed by atoms with Crippen LogP contribution in [-0.4, -0.2) is 11.9 Å². The molecule has 4 heteroatoms. The standard InChI is InChI=1S/C30H22O4/c1-7-9-11-13-24-19-26(23-15-17-27(18-16-23)33-29(31)21(3)4)20-25(14-12-10-8-2)28(24)34-30(32)22(5)6/h15-20H,3,5H2,1-2,4,6H3. The first-order valence-corrected chi connectivity index (χ1v) is 10.2. The number of carbonyl (C=O) groups is 2. The van der Waals surface area contributed by atoms with Crippen LogP contribution in [0.1, 0.15) is 38.8 Å². The molecule has 0 aromatic heterocycles. The molecular formula is C30H22O4. The van der Waals surface area contributed by atoms with Gasteiger partial charge in [-0.05, 0) is 98.6 Å². The largest absolute Gasteiger partial charge is 0.423 e. The second kappa shape index (κ2) is 12.2. The van der Waals surface area contributed by atoms with Gasteiger partial charge in [-0.15, -0.1) is 0 Å². The van der Waals surface area contributed by atoms with Crippen LogP contribution < -0.4 is 9.47 Å². The normalized spacial score (nSPS) is 8.71. The van der Waals surface area contributed by atoms with E-state index in [2.05, 4.69) is 60.5 Å². The van der Waals surface area contributed by atoms with E-state index in [1.165, 1.54) is 0 Å². The van der Waals surface area contributed by atoms with E-state index in [1.54, 1.807) is 64.1 Å². The van der Waals surface area contributed by atoms with Gasteiger partial charge in [0.15, 0.2) is 5.75 Å². The Hall–Kier alpha value is -4.90. The average Bonchev–Trinajstić information content (AvgIpc) is 2.81. The molecule has 0 atom stereocenters. The van der Waals surface area contributed by atoms with Crippen LogP contribution in [0.25, 0.3) is 11.1 Å². The summed E-state index contributed by atoms with van der Waals surface area (Å²) in [6, 6.07) is 10.5. The van der Waals surface area contributed by atoms with Crippen molar-refractivity contribution in [1.29, 1.82) is 0 Å². The van der Waals surface area contributed by atoms with Gasteiger partial charge in [-0.1, -0.05) is 37.1 Å². The Morgan fingerprint density at radius 2 is 1.18 bits per heavy atom. The molecule has 0 amide bonds. The smallest absolute Gasteiger partial charge is 0.338 e. The van der Waals surface area contributed by atoms with Crippen LogP contribution >= 0.6 is 0 Å². The van der Waals surface area contributed by atoms with E-state index in [4.69, 9.17) is 9.47 Å². The topological polar surface area (TPSA) is 52.6 Å². The summed E-state index contributed by atoms with van der Waals surface area (Å²) in [6.45, 7) is 13.7. The highest BCUT2D eigenvalue weighted by Gasteiger charge is 2.16. The summed E-state index contributed by atoms with van der Waals surface area (Å²) in [6.07, 6.45) is 0. The summed E-state index contributed by atoms with van der Waals surface area (Å²) in [7, 11) is 0. The lowest BCUT2D eigenvalue weighted by Crippen LogP contribution is -2.10. The van der Waals surface area contributed by atoms with Gasteiger partial charge in [0.25, 0.3) is 0 Å². The lowest BCUT2D eigenvalue weighted by molar-refractivity contribution is -0.131. The van der Waals surface area contributed by atoms with Crippen molar-refractivity contribution in [2.24, 2.45) is 0 Å². The number of esters is 2. The summed E-state index contributed by atoms with van der Waals surface area (Å²) >= 11 is 0. The molecular weight excluding hydrogens is 424 g/mol. The number of benzene rings is 2. The Kier molecular flexibility index (Phi) is 9.11. The summed E-state index contributed by atoms with van der Waals surface area (Å²) in [5.41, 5.74) is 2.98. The number of hydrogen-bond donors (Lipinski definition) is 0. The molecule has 0 spiro atoms. The molecule has 0 unspecified atom stereocenters. The molecule has 0 saturated heterocycles. The maximum absolute atomic E-state index is 12.3. The van der Waals surface area contributed by atoms with E-state index in [1.807, 2.05) is 0 Å². The third kappa shape index (κ3) is 7.07. The highest BCUT2D eigenvalue weighted by atomic mass is 16.5. The van der Waals surface area contributed by atoms with Gasteiger partial charge in [0.05, 0.1) is 11.1 Å². The summed E-state index contributed by atoms with van der Waals surface area (Å²) in [5, 5.41) is 0. The number of hydrogen-bond acceptors (Lipinski definition) is 4. The van der Waals surface area contributed by atoms with Crippen molar-refractivity contribution in [2.45, 2.75) is 27.7 Å². The zero-order valence-electron chi connectivity index (χ0n) is 19.5. The number of rotatable bonds is 5.